The van der Waals surface area contributed by atoms with Crippen molar-refractivity contribution in [2.45, 2.75) is 25.9 Å². The maximum Gasteiger partial charge on any atom is 0.305 e. The third-order valence-electron chi connectivity index (χ3n) is 7.12. The zero-order chi connectivity index (χ0) is 27.2. The van der Waals surface area contributed by atoms with Gasteiger partial charge >= 0.3 is 5.97 Å². The highest BCUT2D eigenvalue weighted by Crippen LogP contribution is 2.31. The van der Waals surface area contributed by atoms with Gasteiger partial charge in [-0.1, -0.05) is 91.0 Å². The van der Waals surface area contributed by atoms with Crippen LogP contribution in [-0.4, -0.2) is 45.8 Å². The summed E-state index contributed by atoms with van der Waals surface area (Å²) >= 11 is 0. The average molecular weight is 519 g/mol. The van der Waals surface area contributed by atoms with Crippen molar-refractivity contribution in [3.8, 4) is 11.1 Å². The van der Waals surface area contributed by atoms with Crippen LogP contribution in [0.15, 0.2) is 103 Å². The van der Waals surface area contributed by atoms with Crippen LogP contribution in [0.2, 0.25) is 0 Å². The number of benzene rings is 4. The largest absolute Gasteiger partial charge is 0.481 e. The number of nitrogens with zero attached hydrogens (tertiary/aromatic N) is 2. The van der Waals surface area contributed by atoms with E-state index in [0.717, 1.165) is 17.5 Å². The molecule has 0 saturated heterocycles. The molecule has 196 valence electrons. The first kappa shape index (κ1) is 25.9. The summed E-state index contributed by atoms with van der Waals surface area (Å²) in [4.78, 5) is 42.5. The number of hydrogen-bond acceptors (Lipinski definition) is 3. The Morgan fingerprint density at radius 3 is 2.03 bits per heavy atom. The van der Waals surface area contributed by atoms with Crippen LogP contribution in [0, 0.1) is 0 Å². The first-order chi connectivity index (χ1) is 19.0. The molecule has 0 radical (unpaired) electrons. The molecule has 1 aliphatic heterocycles. The van der Waals surface area contributed by atoms with Gasteiger partial charge in [0.05, 0.1) is 6.42 Å². The summed E-state index contributed by atoms with van der Waals surface area (Å²) in [7, 11) is 0. The zero-order valence-corrected chi connectivity index (χ0v) is 21.6. The van der Waals surface area contributed by atoms with Crippen LogP contribution in [-0.2, 0) is 24.3 Å². The fraction of sp³-hybridized carbons (Fsp3) is 0.182. The van der Waals surface area contributed by atoms with Crippen LogP contribution in [0.4, 0.5) is 0 Å². The van der Waals surface area contributed by atoms with E-state index in [-0.39, 0.29) is 31.3 Å². The zero-order valence-electron chi connectivity index (χ0n) is 21.6. The molecule has 0 spiro atoms. The van der Waals surface area contributed by atoms with Crippen LogP contribution in [0.25, 0.3) is 11.1 Å². The molecular weight excluding hydrogens is 488 g/mol. The van der Waals surface area contributed by atoms with Crippen molar-refractivity contribution in [3.63, 3.8) is 0 Å². The van der Waals surface area contributed by atoms with Gasteiger partial charge in [-0.3, -0.25) is 14.4 Å². The Kier molecular flexibility index (Phi) is 7.83. The van der Waals surface area contributed by atoms with Gasteiger partial charge in [0.15, 0.2) is 0 Å². The average Bonchev–Trinajstić information content (AvgIpc) is 2.98. The fourth-order valence-electron chi connectivity index (χ4n) is 5.11. The summed E-state index contributed by atoms with van der Waals surface area (Å²) in [6.45, 7) is 1.54. The number of aliphatic carboxylic acids is 1. The van der Waals surface area contributed by atoms with E-state index >= 15 is 0 Å². The van der Waals surface area contributed by atoms with Crippen LogP contribution in [0.1, 0.15) is 43.8 Å². The van der Waals surface area contributed by atoms with Crippen molar-refractivity contribution in [2.24, 2.45) is 0 Å². The summed E-state index contributed by atoms with van der Waals surface area (Å²) < 4.78 is 0. The Balaban J connectivity index is 1.48. The summed E-state index contributed by atoms with van der Waals surface area (Å²) in [5, 5.41) is 9.32. The molecule has 39 heavy (non-hydrogen) atoms. The lowest BCUT2D eigenvalue weighted by Crippen LogP contribution is -2.36. The molecule has 0 aliphatic carbocycles. The molecule has 4 aromatic rings. The normalized spacial score (nSPS) is 12.5. The molecule has 1 aliphatic rings. The highest BCUT2D eigenvalue weighted by Gasteiger charge is 2.26. The Morgan fingerprint density at radius 2 is 1.31 bits per heavy atom. The molecule has 0 fully saturated rings. The molecule has 1 heterocycles. The summed E-state index contributed by atoms with van der Waals surface area (Å²) in [5.41, 5.74) is 5.64. The van der Waals surface area contributed by atoms with Crippen molar-refractivity contribution in [1.29, 1.82) is 0 Å². The molecule has 1 N–H and O–H groups in total. The number of rotatable bonds is 8. The summed E-state index contributed by atoms with van der Waals surface area (Å²) in [5.74, 6) is -1.31. The minimum atomic E-state index is -0.965. The molecule has 0 saturated carbocycles. The number of carbonyl (C=O) groups is 3. The lowest BCUT2D eigenvalue weighted by atomic mass is 9.93. The maximum absolute atomic E-state index is 13.9. The van der Waals surface area contributed by atoms with Crippen LogP contribution in [0.5, 0.6) is 0 Å². The Bertz CT molecular complexity index is 1500. The summed E-state index contributed by atoms with van der Waals surface area (Å²) in [6.07, 6.45) is 0.642. The second-order valence-corrected chi connectivity index (χ2v) is 9.69. The van der Waals surface area contributed by atoms with E-state index in [4.69, 9.17) is 0 Å². The van der Waals surface area contributed by atoms with Crippen LogP contribution in [0.3, 0.4) is 0 Å². The number of fused-ring (bicyclic) bond motifs is 1. The molecule has 4 aromatic carbocycles. The number of carboxylic acids is 1. The first-order valence-corrected chi connectivity index (χ1v) is 13.1. The molecule has 0 aromatic heterocycles. The van der Waals surface area contributed by atoms with E-state index in [1.807, 2.05) is 83.8 Å². The second kappa shape index (κ2) is 11.8. The second-order valence-electron chi connectivity index (χ2n) is 9.69. The number of carbonyl (C=O) groups excluding carboxylic acids is 2. The van der Waals surface area contributed by atoms with Gasteiger partial charge in [0.25, 0.3) is 11.8 Å². The van der Waals surface area contributed by atoms with E-state index < -0.39 is 5.97 Å². The van der Waals surface area contributed by atoms with Crippen LogP contribution < -0.4 is 0 Å². The number of hydrogen-bond donors (Lipinski definition) is 1. The van der Waals surface area contributed by atoms with Gasteiger partial charge in [0, 0.05) is 37.3 Å². The van der Waals surface area contributed by atoms with E-state index in [9.17, 15) is 19.5 Å². The topological polar surface area (TPSA) is 77.9 Å². The molecular formula is C33H30N2O4. The molecule has 0 bridgehead atoms. The van der Waals surface area contributed by atoms with Gasteiger partial charge in [-0.05, 0) is 46.4 Å². The van der Waals surface area contributed by atoms with Gasteiger partial charge in [0.2, 0.25) is 0 Å². The molecule has 5 rings (SSSR count). The van der Waals surface area contributed by atoms with Crippen molar-refractivity contribution < 1.29 is 19.5 Å². The van der Waals surface area contributed by atoms with E-state index in [2.05, 4.69) is 12.1 Å². The number of amides is 2. The highest BCUT2D eigenvalue weighted by molar-refractivity contribution is 6.06. The lowest BCUT2D eigenvalue weighted by molar-refractivity contribution is -0.137. The van der Waals surface area contributed by atoms with Gasteiger partial charge < -0.3 is 14.9 Å². The van der Waals surface area contributed by atoms with Crippen molar-refractivity contribution in [3.05, 3.63) is 131 Å². The Labute approximate surface area is 228 Å². The predicted molar refractivity (Wildman–Crippen MR) is 150 cm³/mol. The third kappa shape index (κ3) is 5.91. The van der Waals surface area contributed by atoms with Gasteiger partial charge in [0.1, 0.15) is 0 Å². The SMILES string of the molecule is O=C(O)CCN(Cc1ccccc1)C(=O)c1ccccc1-c1ccccc1C(=O)N1CCc2ccccc2C1. The standard InChI is InChI=1S/C33H30N2O4/c36-31(37)19-21-34(22-24-10-2-1-3-11-24)32(38)29-16-8-6-14-27(29)28-15-7-9-17-30(28)33(39)35-20-18-25-12-4-5-13-26(25)23-35/h1-17H,18-23H2,(H,36,37). The predicted octanol–water partition coefficient (Wildman–Crippen LogP) is 5.67. The summed E-state index contributed by atoms with van der Waals surface area (Å²) in [6, 6.07) is 32.3. The molecule has 6 heteroatoms. The minimum absolute atomic E-state index is 0.0746. The molecule has 6 nitrogen and oxygen atoms in total. The Morgan fingerprint density at radius 1 is 0.718 bits per heavy atom. The maximum atomic E-state index is 13.9. The van der Waals surface area contributed by atoms with Gasteiger partial charge in [-0.2, -0.15) is 0 Å². The molecule has 2 amide bonds. The molecule has 0 unspecified atom stereocenters. The molecule has 0 atom stereocenters. The Hall–Kier alpha value is -4.71. The van der Waals surface area contributed by atoms with Crippen LogP contribution >= 0.6 is 0 Å². The smallest absolute Gasteiger partial charge is 0.305 e. The van der Waals surface area contributed by atoms with E-state index in [1.54, 1.807) is 17.0 Å². The minimum Gasteiger partial charge on any atom is -0.481 e. The van der Waals surface area contributed by atoms with Gasteiger partial charge in [-0.15, -0.1) is 0 Å². The van der Waals surface area contributed by atoms with Gasteiger partial charge in [-0.25, -0.2) is 0 Å². The highest BCUT2D eigenvalue weighted by atomic mass is 16.4. The third-order valence-corrected chi connectivity index (χ3v) is 7.12. The van der Waals surface area contributed by atoms with Crippen molar-refractivity contribution in [1.82, 2.24) is 9.80 Å². The number of carboxylic acid groups (broad SMARTS) is 1. The monoisotopic (exact) mass is 518 g/mol. The fourth-order valence-corrected chi connectivity index (χ4v) is 5.11. The van der Waals surface area contributed by atoms with E-state index in [0.29, 0.717) is 35.3 Å². The quantitative estimate of drug-likeness (QED) is 0.326. The van der Waals surface area contributed by atoms with E-state index in [1.165, 1.54) is 5.56 Å². The lowest BCUT2D eigenvalue weighted by Gasteiger charge is -2.30. The van der Waals surface area contributed by atoms with Crippen molar-refractivity contribution >= 4 is 17.8 Å². The first-order valence-electron chi connectivity index (χ1n) is 13.1. The van der Waals surface area contributed by atoms with Crippen molar-refractivity contribution in [2.75, 3.05) is 13.1 Å².